The van der Waals surface area contributed by atoms with E-state index in [0.717, 1.165) is 12.3 Å². The second kappa shape index (κ2) is 3.08. The summed E-state index contributed by atoms with van der Waals surface area (Å²) in [6.45, 7) is 0. The van der Waals surface area contributed by atoms with Crippen molar-refractivity contribution in [2.45, 2.75) is 4.90 Å². The van der Waals surface area contributed by atoms with Crippen LogP contribution in [0, 0.1) is 0 Å². The predicted octanol–water partition coefficient (Wildman–Crippen LogP) is 1.03. The molecule has 0 unspecified atom stereocenters. The van der Waals surface area contributed by atoms with Gasteiger partial charge in [0.25, 0.3) is 0 Å². The van der Waals surface area contributed by atoms with E-state index >= 15 is 0 Å². The van der Waals surface area contributed by atoms with Crippen LogP contribution in [-0.4, -0.2) is 19.8 Å². The minimum Gasteiger partial charge on any atom is -0.504 e. The number of phenolic OH excluding ortho intramolecular Hbond substituents is 1. The first-order valence-corrected chi connectivity index (χ1v) is 5.57. The number of hydrogen-bond donors (Lipinski definition) is 2. The predicted molar refractivity (Wildman–Crippen MR) is 50.6 cm³/mol. The van der Waals surface area contributed by atoms with Crippen molar-refractivity contribution in [3.05, 3.63) is 17.2 Å². The molecule has 0 radical (unpaired) electrons. The molecule has 0 aliphatic carbocycles. The van der Waals surface area contributed by atoms with Crippen molar-refractivity contribution in [1.29, 1.82) is 0 Å². The molecule has 1 aromatic rings. The summed E-state index contributed by atoms with van der Waals surface area (Å²) in [6, 6.07) is 2.44. The Hall–Kier alpha value is -0.940. The molecule has 0 atom stereocenters. The number of benzene rings is 1. The molecule has 4 nitrogen and oxygen atoms in total. The van der Waals surface area contributed by atoms with Crippen LogP contribution in [0.5, 0.6) is 5.75 Å². The highest BCUT2D eigenvalue weighted by molar-refractivity contribution is 7.90. The second-order valence-electron chi connectivity index (χ2n) is 2.61. The van der Waals surface area contributed by atoms with E-state index in [4.69, 9.17) is 17.3 Å². The van der Waals surface area contributed by atoms with Crippen molar-refractivity contribution in [2.75, 3.05) is 12.0 Å². The van der Waals surface area contributed by atoms with Crippen LogP contribution in [0.4, 0.5) is 5.69 Å². The van der Waals surface area contributed by atoms with E-state index in [1.165, 1.54) is 6.07 Å². The maximum Gasteiger partial charge on any atom is 0.179 e. The van der Waals surface area contributed by atoms with Crippen molar-refractivity contribution in [1.82, 2.24) is 0 Å². The minimum atomic E-state index is -3.49. The van der Waals surface area contributed by atoms with Crippen LogP contribution in [0.3, 0.4) is 0 Å². The summed E-state index contributed by atoms with van der Waals surface area (Å²) in [5, 5.41) is 9.47. The van der Waals surface area contributed by atoms with Gasteiger partial charge in [-0.15, -0.1) is 0 Å². The zero-order valence-corrected chi connectivity index (χ0v) is 8.35. The van der Waals surface area contributed by atoms with Gasteiger partial charge in [-0.3, -0.25) is 0 Å². The molecule has 0 fully saturated rings. The van der Waals surface area contributed by atoms with Crippen LogP contribution in [0.2, 0.25) is 5.02 Å². The molecule has 0 amide bonds. The molecule has 13 heavy (non-hydrogen) atoms. The minimum absolute atomic E-state index is 0.0482. The van der Waals surface area contributed by atoms with Crippen LogP contribution in [-0.2, 0) is 9.84 Å². The third-order valence-corrected chi connectivity index (χ3v) is 2.80. The third kappa shape index (κ3) is 2.05. The summed E-state index contributed by atoms with van der Waals surface area (Å²) in [4.78, 5) is -0.252. The molecule has 0 aromatic heterocycles. The van der Waals surface area contributed by atoms with Crippen LogP contribution in [0.1, 0.15) is 0 Å². The van der Waals surface area contributed by atoms with E-state index in [9.17, 15) is 13.5 Å². The summed E-state index contributed by atoms with van der Waals surface area (Å²) in [5.41, 5.74) is 5.27. The zero-order valence-electron chi connectivity index (χ0n) is 6.78. The van der Waals surface area contributed by atoms with Gasteiger partial charge in [0.05, 0.1) is 5.69 Å². The molecule has 72 valence electrons. The van der Waals surface area contributed by atoms with Gasteiger partial charge in [0.15, 0.2) is 15.6 Å². The van der Waals surface area contributed by atoms with Gasteiger partial charge >= 0.3 is 0 Å². The monoisotopic (exact) mass is 221 g/mol. The number of sulfone groups is 1. The number of nitrogens with two attached hydrogens (primary N) is 1. The lowest BCUT2D eigenvalue weighted by molar-refractivity contribution is 0.462. The van der Waals surface area contributed by atoms with E-state index in [1.807, 2.05) is 0 Å². The summed E-state index contributed by atoms with van der Waals surface area (Å²) in [5.74, 6) is -0.452. The molecular weight excluding hydrogens is 214 g/mol. The Bertz CT molecular complexity index is 441. The maximum atomic E-state index is 11.1. The molecule has 1 rings (SSSR count). The highest BCUT2D eigenvalue weighted by Gasteiger charge is 2.16. The fourth-order valence-electron chi connectivity index (χ4n) is 0.877. The SMILES string of the molecule is CS(=O)(=O)c1cc(Cl)cc(N)c1O. The van der Waals surface area contributed by atoms with Gasteiger partial charge in [0, 0.05) is 11.3 Å². The number of nitrogen functional groups attached to an aromatic ring is 1. The number of anilines is 1. The first-order valence-electron chi connectivity index (χ1n) is 3.30. The second-order valence-corrected chi connectivity index (χ2v) is 5.03. The quantitative estimate of drug-likeness (QED) is 0.548. The zero-order chi connectivity index (χ0) is 10.2. The molecule has 0 aliphatic heterocycles. The molecule has 0 bridgehead atoms. The van der Waals surface area contributed by atoms with Gasteiger partial charge in [-0.05, 0) is 12.1 Å². The van der Waals surface area contributed by atoms with Gasteiger partial charge in [0.1, 0.15) is 4.90 Å². The van der Waals surface area contributed by atoms with Gasteiger partial charge in [0.2, 0.25) is 0 Å². The number of halogens is 1. The molecule has 0 heterocycles. The normalized spacial score (nSPS) is 11.5. The molecule has 0 spiro atoms. The van der Waals surface area contributed by atoms with Gasteiger partial charge in [-0.1, -0.05) is 11.6 Å². The van der Waals surface area contributed by atoms with E-state index < -0.39 is 15.6 Å². The highest BCUT2D eigenvalue weighted by Crippen LogP contribution is 2.32. The van der Waals surface area contributed by atoms with Crippen LogP contribution in [0.15, 0.2) is 17.0 Å². The van der Waals surface area contributed by atoms with Crippen LogP contribution < -0.4 is 5.73 Å². The average molecular weight is 222 g/mol. The van der Waals surface area contributed by atoms with Gasteiger partial charge < -0.3 is 10.8 Å². The van der Waals surface area contributed by atoms with Crippen molar-refractivity contribution in [2.24, 2.45) is 0 Å². The van der Waals surface area contributed by atoms with Crippen molar-refractivity contribution in [3.8, 4) is 5.75 Å². The Balaban J connectivity index is 3.56. The topological polar surface area (TPSA) is 80.4 Å². The fourth-order valence-corrected chi connectivity index (χ4v) is 1.98. The largest absolute Gasteiger partial charge is 0.504 e. The molecule has 0 saturated carbocycles. The van der Waals surface area contributed by atoms with Crippen molar-refractivity contribution < 1.29 is 13.5 Å². The lowest BCUT2D eigenvalue weighted by atomic mass is 10.3. The summed E-state index contributed by atoms with van der Waals surface area (Å²) in [7, 11) is -3.49. The van der Waals surface area contributed by atoms with E-state index in [-0.39, 0.29) is 15.6 Å². The maximum absolute atomic E-state index is 11.1. The number of rotatable bonds is 1. The number of aromatic hydroxyl groups is 1. The lowest BCUT2D eigenvalue weighted by Crippen LogP contribution is -1.99. The van der Waals surface area contributed by atoms with Crippen LogP contribution >= 0.6 is 11.6 Å². The lowest BCUT2D eigenvalue weighted by Gasteiger charge is -2.05. The van der Waals surface area contributed by atoms with E-state index in [0.29, 0.717) is 0 Å². The molecule has 6 heteroatoms. The highest BCUT2D eigenvalue weighted by atomic mass is 35.5. The Morgan fingerprint density at radius 1 is 1.46 bits per heavy atom. The average Bonchev–Trinajstić information content (AvgIpc) is 1.94. The summed E-state index contributed by atoms with van der Waals surface area (Å²) >= 11 is 5.57. The van der Waals surface area contributed by atoms with E-state index in [2.05, 4.69) is 0 Å². The summed E-state index contributed by atoms with van der Waals surface area (Å²) in [6.07, 6.45) is 0.970. The Morgan fingerprint density at radius 2 is 2.00 bits per heavy atom. The fraction of sp³-hybridized carbons (Fsp3) is 0.143. The Labute approximate surface area is 80.9 Å². The Morgan fingerprint density at radius 3 is 2.46 bits per heavy atom. The van der Waals surface area contributed by atoms with Gasteiger partial charge in [-0.2, -0.15) is 0 Å². The number of phenols is 1. The first-order chi connectivity index (χ1) is 5.82. The molecular formula is C7H8ClNO3S. The third-order valence-electron chi connectivity index (χ3n) is 1.47. The molecule has 0 saturated heterocycles. The first kappa shape index (κ1) is 10.1. The number of hydrogen-bond acceptors (Lipinski definition) is 4. The molecule has 0 aliphatic rings. The van der Waals surface area contributed by atoms with Gasteiger partial charge in [-0.25, -0.2) is 8.42 Å². The van der Waals surface area contributed by atoms with E-state index in [1.54, 1.807) is 0 Å². The smallest absolute Gasteiger partial charge is 0.179 e. The standard InChI is InChI=1S/C7H8ClNO3S/c1-13(11,12)6-3-4(8)2-5(9)7(6)10/h2-3,10H,9H2,1H3. The van der Waals surface area contributed by atoms with Crippen LogP contribution in [0.25, 0.3) is 0 Å². The van der Waals surface area contributed by atoms with Crippen molar-refractivity contribution in [3.63, 3.8) is 0 Å². The van der Waals surface area contributed by atoms with Crippen molar-refractivity contribution >= 4 is 27.1 Å². The Kier molecular flexibility index (Phi) is 2.40. The summed E-state index contributed by atoms with van der Waals surface area (Å²) < 4.78 is 22.2. The molecule has 3 N–H and O–H groups in total. The molecule has 1 aromatic carbocycles.